The fourth-order valence-electron chi connectivity index (χ4n) is 3.14. The molecule has 0 aromatic heterocycles. The number of hydrogen-bond acceptors (Lipinski definition) is 4. The number of methoxy groups -OCH3 is 1. The highest BCUT2D eigenvalue weighted by atomic mass is 16.5. The molecule has 0 heterocycles. The van der Waals surface area contributed by atoms with Gasteiger partial charge in [-0.05, 0) is 70.4 Å². The van der Waals surface area contributed by atoms with Crippen LogP contribution in [0.2, 0.25) is 0 Å². The maximum absolute atomic E-state index is 12.9. The van der Waals surface area contributed by atoms with E-state index in [1.807, 2.05) is 70.2 Å². The van der Waals surface area contributed by atoms with Crippen LogP contribution in [0.3, 0.4) is 0 Å². The molecule has 0 amide bonds. The van der Waals surface area contributed by atoms with Crippen LogP contribution in [0.4, 0.5) is 5.69 Å². The molecule has 0 radical (unpaired) electrons. The Bertz CT molecular complexity index is 853. The summed E-state index contributed by atoms with van der Waals surface area (Å²) in [5.74, 6) is 0.495. The molecule has 4 heteroatoms. The van der Waals surface area contributed by atoms with Gasteiger partial charge in [0.1, 0.15) is 11.2 Å². The van der Waals surface area contributed by atoms with E-state index in [4.69, 9.17) is 14.5 Å². The van der Waals surface area contributed by atoms with Crippen molar-refractivity contribution in [2.45, 2.75) is 40.5 Å². The monoisotopic (exact) mass is 393 g/mol. The third-order valence-electron chi connectivity index (χ3n) is 5.29. The van der Waals surface area contributed by atoms with Crippen molar-refractivity contribution in [2.75, 3.05) is 13.7 Å². The van der Waals surface area contributed by atoms with Gasteiger partial charge in [-0.3, -0.25) is 9.79 Å². The molecule has 1 unspecified atom stereocenters. The second-order valence-corrected chi connectivity index (χ2v) is 7.15. The molecule has 0 N–H and O–H groups in total. The predicted molar refractivity (Wildman–Crippen MR) is 119 cm³/mol. The second kappa shape index (κ2) is 10.6. The molecule has 0 aliphatic heterocycles. The molecular formula is C25H31NO3. The van der Waals surface area contributed by atoms with Gasteiger partial charge in [0.25, 0.3) is 0 Å². The highest BCUT2D eigenvalue weighted by Crippen LogP contribution is 2.33. The van der Waals surface area contributed by atoms with Gasteiger partial charge in [0.15, 0.2) is 0 Å². The molecule has 0 spiro atoms. The summed E-state index contributed by atoms with van der Waals surface area (Å²) in [4.78, 5) is 17.6. The Hall–Kier alpha value is -2.88. The number of esters is 1. The first-order valence-corrected chi connectivity index (χ1v) is 10.00. The van der Waals surface area contributed by atoms with Crippen molar-refractivity contribution in [2.24, 2.45) is 10.4 Å². The Balaban J connectivity index is 2.28. The molecule has 154 valence electrons. The molecule has 0 saturated heterocycles. The average molecular weight is 394 g/mol. The van der Waals surface area contributed by atoms with E-state index in [1.54, 1.807) is 7.11 Å². The van der Waals surface area contributed by atoms with Crippen molar-refractivity contribution in [3.8, 4) is 5.75 Å². The summed E-state index contributed by atoms with van der Waals surface area (Å²) in [6.45, 7) is 7.91. The zero-order valence-electron chi connectivity index (χ0n) is 18.1. The van der Waals surface area contributed by atoms with E-state index in [1.165, 1.54) is 5.56 Å². The Morgan fingerprint density at radius 2 is 1.72 bits per heavy atom. The molecule has 0 saturated carbocycles. The fraction of sp³-hybridized carbons (Fsp3) is 0.360. The maximum atomic E-state index is 12.9. The Labute approximate surface area is 174 Å². The zero-order chi connectivity index (χ0) is 21.3. The lowest BCUT2D eigenvalue weighted by atomic mass is 9.78. The van der Waals surface area contributed by atoms with E-state index in [0.717, 1.165) is 29.9 Å². The summed E-state index contributed by atoms with van der Waals surface area (Å²) in [7, 11) is 1.63. The summed E-state index contributed by atoms with van der Waals surface area (Å²) < 4.78 is 10.6. The highest BCUT2D eigenvalue weighted by molar-refractivity contribution is 6.09. The lowest BCUT2D eigenvalue weighted by Crippen LogP contribution is -2.38. The van der Waals surface area contributed by atoms with Gasteiger partial charge in [0, 0.05) is 5.71 Å². The lowest BCUT2D eigenvalue weighted by molar-refractivity contribution is -0.148. The minimum atomic E-state index is -0.910. The van der Waals surface area contributed by atoms with Crippen molar-refractivity contribution in [3.05, 3.63) is 71.8 Å². The van der Waals surface area contributed by atoms with Crippen LogP contribution in [-0.2, 0) is 16.0 Å². The first-order valence-electron chi connectivity index (χ1n) is 10.00. The number of nitrogens with zero attached hydrogens (tertiary/aromatic N) is 1. The van der Waals surface area contributed by atoms with Gasteiger partial charge in [-0.25, -0.2) is 0 Å². The van der Waals surface area contributed by atoms with E-state index in [2.05, 4.69) is 18.2 Å². The van der Waals surface area contributed by atoms with E-state index >= 15 is 0 Å². The molecule has 0 aliphatic rings. The number of rotatable bonds is 9. The van der Waals surface area contributed by atoms with Crippen molar-refractivity contribution < 1.29 is 14.3 Å². The van der Waals surface area contributed by atoms with Gasteiger partial charge in [-0.1, -0.05) is 42.0 Å². The van der Waals surface area contributed by atoms with Crippen LogP contribution >= 0.6 is 0 Å². The SMILES string of the molecule is CCOC(=O)C(C)(C(C)=Nc1ccc(OC)cc1)/C(C)=C/CCc1ccccc1. The van der Waals surface area contributed by atoms with E-state index in [9.17, 15) is 4.79 Å². The van der Waals surface area contributed by atoms with Crippen LogP contribution in [0.1, 0.15) is 39.7 Å². The van der Waals surface area contributed by atoms with Crippen LogP contribution in [0.15, 0.2) is 71.2 Å². The Morgan fingerprint density at radius 1 is 1.07 bits per heavy atom. The Morgan fingerprint density at radius 3 is 2.31 bits per heavy atom. The van der Waals surface area contributed by atoms with E-state index in [-0.39, 0.29) is 5.97 Å². The van der Waals surface area contributed by atoms with Gasteiger partial charge in [0.05, 0.1) is 19.4 Å². The maximum Gasteiger partial charge on any atom is 0.321 e. The minimum Gasteiger partial charge on any atom is -0.497 e. The molecule has 0 aliphatic carbocycles. The van der Waals surface area contributed by atoms with Crippen LogP contribution in [-0.4, -0.2) is 25.4 Å². The highest BCUT2D eigenvalue weighted by Gasteiger charge is 2.39. The average Bonchev–Trinajstić information content (AvgIpc) is 2.74. The minimum absolute atomic E-state index is 0.275. The van der Waals surface area contributed by atoms with Gasteiger partial charge in [0.2, 0.25) is 0 Å². The van der Waals surface area contributed by atoms with Gasteiger partial charge in [-0.2, -0.15) is 0 Å². The quantitative estimate of drug-likeness (QED) is 0.301. The number of allylic oxidation sites excluding steroid dienone is 1. The molecule has 2 aromatic rings. The van der Waals surface area contributed by atoms with Crippen LogP contribution in [0, 0.1) is 5.41 Å². The van der Waals surface area contributed by atoms with Crippen molar-refractivity contribution in [1.82, 2.24) is 0 Å². The molecule has 29 heavy (non-hydrogen) atoms. The Kier molecular flexibility index (Phi) is 8.20. The van der Waals surface area contributed by atoms with Gasteiger partial charge < -0.3 is 9.47 Å². The van der Waals surface area contributed by atoms with Crippen LogP contribution in [0.25, 0.3) is 0 Å². The van der Waals surface area contributed by atoms with Gasteiger partial charge >= 0.3 is 5.97 Å². The summed E-state index contributed by atoms with van der Waals surface area (Å²) in [6, 6.07) is 17.8. The number of hydrogen-bond donors (Lipinski definition) is 0. The number of ether oxygens (including phenoxy) is 2. The standard InChI is InChI=1S/C25H31NO3/c1-6-29-24(27)25(4,19(2)11-10-14-21-12-8-7-9-13-21)20(3)26-22-15-17-23(28-5)18-16-22/h7-9,11-13,15-18H,6,10,14H2,1-5H3/b19-11+,26-20?. The third kappa shape index (κ3) is 5.80. The van der Waals surface area contributed by atoms with E-state index in [0.29, 0.717) is 12.3 Å². The van der Waals surface area contributed by atoms with Crippen molar-refractivity contribution >= 4 is 17.4 Å². The predicted octanol–water partition coefficient (Wildman–Crippen LogP) is 5.94. The largest absolute Gasteiger partial charge is 0.497 e. The topological polar surface area (TPSA) is 47.9 Å². The first-order chi connectivity index (χ1) is 13.9. The van der Waals surface area contributed by atoms with Gasteiger partial charge in [-0.15, -0.1) is 0 Å². The summed E-state index contributed by atoms with van der Waals surface area (Å²) in [5, 5.41) is 0. The van der Waals surface area contributed by atoms with Crippen molar-refractivity contribution in [3.63, 3.8) is 0 Å². The molecule has 2 rings (SSSR count). The number of benzene rings is 2. The summed E-state index contributed by atoms with van der Waals surface area (Å²) in [5.41, 5.74) is 2.79. The third-order valence-corrected chi connectivity index (χ3v) is 5.29. The smallest absolute Gasteiger partial charge is 0.321 e. The molecule has 1 atom stereocenters. The van der Waals surface area contributed by atoms with Crippen LogP contribution < -0.4 is 4.74 Å². The molecule has 0 fully saturated rings. The van der Waals surface area contributed by atoms with Crippen LogP contribution in [0.5, 0.6) is 5.75 Å². The lowest BCUT2D eigenvalue weighted by Gasteiger charge is -2.28. The second-order valence-electron chi connectivity index (χ2n) is 7.15. The molecule has 2 aromatic carbocycles. The zero-order valence-corrected chi connectivity index (χ0v) is 18.1. The number of carbonyl (C=O) groups excluding carboxylic acids is 1. The number of carbonyl (C=O) groups is 1. The summed E-state index contributed by atoms with van der Waals surface area (Å²) >= 11 is 0. The summed E-state index contributed by atoms with van der Waals surface area (Å²) in [6.07, 6.45) is 3.89. The number of aryl methyl sites for hydroxylation is 1. The normalized spacial score (nSPS) is 14.2. The fourth-order valence-corrected chi connectivity index (χ4v) is 3.14. The molecule has 4 nitrogen and oxygen atoms in total. The number of aliphatic imine (C=N–C) groups is 1. The van der Waals surface area contributed by atoms with E-state index < -0.39 is 5.41 Å². The first kappa shape index (κ1) is 22.4. The molecular weight excluding hydrogens is 362 g/mol. The molecule has 0 bridgehead atoms. The van der Waals surface area contributed by atoms with Crippen molar-refractivity contribution in [1.29, 1.82) is 0 Å².